The Morgan fingerprint density at radius 1 is 1.31 bits per heavy atom. The SMILES string of the molecule is Nc1cc(NC2CCS(=O)CC2)nc(N)n1. The van der Waals surface area contributed by atoms with E-state index in [4.69, 9.17) is 11.5 Å². The highest BCUT2D eigenvalue weighted by atomic mass is 32.2. The monoisotopic (exact) mass is 241 g/mol. The molecule has 0 spiro atoms. The van der Waals surface area contributed by atoms with Gasteiger partial charge < -0.3 is 16.8 Å². The Labute approximate surface area is 96.3 Å². The highest BCUT2D eigenvalue weighted by Crippen LogP contribution is 2.16. The Morgan fingerprint density at radius 2 is 2.00 bits per heavy atom. The molecule has 1 aromatic rings. The number of rotatable bonds is 2. The molecule has 0 aliphatic carbocycles. The number of nitrogen functional groups attached to an aromatic ring is 2. The van der Waals surface area contributed by atoms with Gasteiger partial charge in [0, 0.05) is 34.4 Å². The van der Waals surface area contributed by atoms with Gasteiger partial charge in [0.1, 0.15) is 11.6 Å². The number of hydrogen-bond donors (Lipinski definition) is 3. The summed E-state index contributed by atoms with van der Waals surface area (Å²) in [5.41, 5.74) is 11.1. The third kappa shape index (κ3) is 2.82. The molecular weight excluding hydrogens is 226 g/mol. The van der Waals surface area contributed by atoms with E-state index in [0.29, 0.717) is 17.7 Å². The third-order valence-corrected chi connectivity index (χ3v) is 3.89. The summed E-state index contributed by atoms with van der Waals surface area (Å²) in [5.74, 6) is 2.65. The maximum Gasteiger partial charge on any atom is 0.223 e. The normalized spacial score (nSPS) is 25.2. The first-order valence-corrected chi connectivity index (χ1v) is 6.64. The zero-order chi connectivity index (χ0) is 11.5. The smallest absolute Gasteiger partial charge is 0.223 e. The summed E-state index contributed by atoms with van der Waals surface area (Å²) in [7, 11) is -0.650. The molecule has 5 N–H and O–H groups in total. The fourth-order valence-corrected chi connectivity index (χ4v) is 3.01. The standard InChI is InChI=1S/C9H15N5OS/c10-7-5-8(14-9(11)13-7)12-6-1-3-16(15)4-2-6/h5-6H,1-4H2,(H5,10,11,12,13,14). The van der Waals surface area contributed by atoms with Crippen LogP contribution in [0.15, 0.2) is 6.07 Å². The van der Waals surface area contributed by atoms with Gasteiger partial charge in [-0.15, -0.1) is 0 Å². The fraction of sp³-hybridized carbons (Fsp3) is 0.556. The van der Waals surface area contributed by atoms with Gasteiger partial charge in [-0.05, 0) is 12.8 Å². The summed E-state index contributed by atoms with van der Waals surface area (Å²) in [6, 6.07) is 1.95. The summed E-state index contributed by atoms with van der Waals surface area (Å²) >= 11 is 0. The van der Waals surface area contributed by atoms with Gasteiger partial charge in [-0.25, -0.2) is 0 Å². The summed E-state index contributed by atoms with van der Waals surface area (Å²) < 4.78 is 11.2. The lowest BCUT2D eigenvalue weighted by Crippen LogP contribution is -2.29. The van der Waals surface area contributed by atoms with Crippen LogP contribution in [0.1, 0.15) is 12.8 Å². The van der Waals surface area contributed by atoms with Crippen LogP contribution in [0.3, 0.4) is 0 Å². The van der Waals surface area contributed by atoms with E-state index < -0.39 is 10.8 Å². The van der Waals surface area contributed by atoms with Crippen molar-refractivity contribution in [3.05, 3.63) is 6.07 Å². The molecule has 1 aliphatic heterocycles. The van der Waals surface area contributed by atoms with Gasteiger partial charge in [-0.1, -0.05) is 0 Å². The van der Waals surface area contributed by atoms with Crippen LogP contribution >= 0.6 is 0 Å². The lowest BCUT2D eigenvalue weighted by Gasteiger charge is -2.23. The molecule has 1 aromatic heterocycles. The second-order valence-corrected chi connectivity index (χ2v) is 5.50. The molecule has 0 bridgehead atoms. The van der Waals surface area contributed by atoms with Gasteiger partial charge in [0.15, 0.2) is 0 Å². The van der Waals surface area contributed by atoms with Crippen molar-refractivity contribution in [1.29, 1.82) is 0 Å². The molecule has 7 heteroatoms. The molecule has 1 fully saturated rings. The van der Waals surface area contributed by atoms with Gasteiger partial charge in [0.05, 0.1) is 0 Å². The number of nitrogens with two attached hydrogens (primary N) is 2. The quantitative estimate of drug-likeness (QED) is 0.671. The van der Waals surface area contributed by atoms with E-state index in [2.05, 4.69) is 15.3 Å². The van der Waals surface area contributed by atoms with Crippen LogP contribution in [0.4, 0.5) is 17.6 Å². The Bertz CT molecular complexity index is 381. The fourth-order valence-electron chi connectivity index (χ4n) is 1.71. The zero-order valence-electron chi connectivity index (χ0n) is 8.85. The highest BCUT2D eigenvalue weighted by molar-refractivity contribution is 7.85. The van der Waals surface area contributed by atoms with Gasteiger partial charge >= 0.3 is 0 Å². The van der Waals surface area contributed by atoms with Crippen LogP contribution in [-0.4, -0.2) is 31.7 Å². The lowest BCUT2D eigenvalue weighted by atomic mass is 10.1. The Balaban J connectivity index is 2.00. The van der Waals surface area contributed by atoms with Crippen molar-refractivity contribution in [2.24, 2.45) is 0 Å². The largest absolute Gasteiger partial charge is 0.383 e. The highest BCUT2D eigenvalue weighted by Gasteiger charge is 2.18. The molecule has 0 atom stereocenters. The van der Waals surface area contributed by atoms with E-state index in [-0.39, 0.29) is 5.95 Å². The maximum atomic E-state index is 11.2. The predicted octanol–water partition coefficient (Wildman–Crippen LogP) is -0.0360. The van der Waals surface area contributed by atoms with Crippen molar-refractivity contribution < 1.29 is 4.21 Å². The van der Waals surface area contributed by atoms with Crippen molar-refractivity contribution in [1.82, 2.24) is 9.97 Å². The van der Waals surface area contributed by atoms with Crippen molar-refractivity contribution in [2.75, 3.05) is 28.3 Å². The molecule has 1 saturated heterocycles. The number of nitrogens with one attached hydrogen (secondary N) is 1. The molecular formula is C9H15N5OS. The molecule has 0 aromatic carbocycles. The lowest BCUT2D eigenvalue weighted by molar-refractivity contribution is 0.622. The summed E-state index contributed by atoms with van der Waals surface area (Å²) in [5, 5.41) is 3.24. The van der Waals surface area contributed by atoms with Gasteiger partial charge in [0.2, 0.25) is 5.95 Å². The molecule has 0 amide bonds. The van der Waals surface area contributed by atoms with Gasteiger partial charge in [0.25, 0.3) is 0 Å². The second kappa shape index (κ2) is 4.65. The molecule has 2 rings (SSSR count). The number of nitrogens with zero attached hydrogens (tertiary/aromatic N) is 2. The zero-order valence-corrected chi connectivity index (χ0v) is 9.67. The minimum Gasteiger partial charge on any atom is -0.383 e. The van der Waals surface area contributed by atoms with Crippen LogP contribution in [-0.2, 0) is 10.8 Å². The van der Waals surface area contributed by atoms with E-state index in [9.17, 15) is 4.21 Å². The minimum absolute atomic E-state index is 0.168. The summed E-state index contributed by atoms with van der Waals surface area (Å²) in [4.78, 5) is 7.84. The number of aromatic nitrogens is 2. The Hall–Kier alpha value is -1.37. The molecule has 16 heavy (non-hydrogen) atoms. The van der Waals surface area contributed by atoms with E-state index in [1.54, 1.807) is 6.07 Å². The van der Waals surface area contributed by atoms with E-state index in [1.807, 2.05) is 0 Å². The first kappa shape index (κ1) is 11.1. The predicted molar refractivity (Wildman–Crippen MR) is 65.4 cm³/mol. The van der Waals surface area contributed by atoms with Crippen LogP contribution < -0.4 is 16.8 Å². The topological polar surface area (TPSA) is 107 Å². The van der Waals surface area contributed by atoms with Crippen LogP contribution in [0, 0.1) is 0 Å². The minimum atomic E-state index is -0.650. The average Bonchev–Trinajstić information content (AvgIpc) is 2.20. The van der Waals surface area contributed by atoms with Crippen molar-refractivity contribution in [2.45, 2.75) is 18.9 Å². The molecule has 1 aliphatic rings. The Morgan fingerprint density at radius 3 is 2.62 bits per heavy atom. The van der Waals surface area contributed by atoms with Gasteiger partial charge in [-0.2, -0.15) is 9.97 Å². The maximum absolute atomic E-state index is 11.2. The van der Waals surface area contributed by atoms with Crippen molar-refractivity contribution in [3.8, 4) is 0 Å². The number of anilines is 3. The summed E-state index contributed by atoms with van der Waals surface area (Å²) in [6.45, 7) is 0. The first-order valence-electron chi connectivity index (χ1n) is 5.15. The van der Waals surface area contributed by atoms with Crippen molar-refractivity contribution >= 4 is 28.4 Å². The van der Waals surface area contributed by atoms with E-state index in [1.165, 1.54) is 0 Å². The van der Waals surface area contributed by atoms with E-state index >= 15 is 0 Å². The molecule has 6 nitrogen and oxygen atoms in total. The first-order chi connectivity index (χ1) is 7.63. The number of hydrogen-bond acceptors (Lipinski definition) is 6. The van der Waals surface area contributed by atoms with Crippen LogP contribution in [0.2, 0.25) is 0 Å². The van der Waals surface area contributed by atoms with Crippen LogP contribution in [0.25, 0.3) is 0 Å². The van der Waals surface area contributed by atoms with E-state index in [0.717, 1.165) is 24.3 Å². The third-order valence-electron chi connectivity index (χ3n) is 2.50. The van der Waals surface area contributed by atoms with Gasteiger partial charge in [-0.3, -0.25) is 4.21 Å². The average molecular weight is 241 g/mol. The molecule has 0 saturated carbocycles. The molecule has 88 valence electrons. The Kier molecular flexibility index (Phi) is 3.23. The molecule has 2 heterocycles. The van der Waals surface area contributed by atoms with Crippen molar-refractivity contribution in [3.63, 3.8) is 0 Å². The van der Waals surface area contributed by atoms with Crippen LogP contribution in [0.5, 0.6) is 0 Å². The molecule has 0 unspecified atom stereocenters. The molecule has 0 radical (unpaired) electrons. The summed E-state index contributed by atoms with van der Waals surface area (Å²) in [6.07, 6.45) is 1.77. The second-order valence-electron chi connectivity index (χ2n) is 3.80.